The molecule has 1 aliphatic heterocycles. The Kier molecular flexibility index (Phi) is 5.79. The Morgan fingerprint density at radius 3 is 2.93 bits per heavy atom. The van der Waals surface area contributed by atoms with E-state index >= 15 is 0 Å². The van der Waals surface area contributed by atoms with Gasteiger partial charge in [-0.15, -0.1) is 11.3 Å². The van der Waals surface area contributed by atoms with Gasteiger partial charge in [0.2, 0.25) is 0 Å². The van der Waals surface area contributed by atoms with Gasteiger partial charge in [0.1, 0.15) is 23.7 Å². The fourth-order valence-corrected chi connectivity index (χ4v) is 5.22. The van der Waals surface area contributed by atoms with Crippen molar-refractivity contribution in [3.05, 3.63) is 40.4 Å². The summed E-state index contributed by atoms with van der Waals surface area (Å²) in [6.45, 7) is 1.53. The highest BCUT2D eigenvalue weighted by molar-refractivity contribution is 7.13. The van der Waals surface area contributed by atoms with Crippen LogP contribution in [0.5, 0.6) is 0 Å². The average Bonchev–Trinajstić information content (AvgIpc) is 3.28. The quantitative estimate of drug-likeness (QED) is 0.552. The van der Waals surface area contributed by atoms with Crippen molar-refractivity contribution in [1.82, 2.24) is 15.2 Å². The molecule has 9 heteroatoms. The summed E-state index contributed by atoms with van der Waals surface area (Å²) in [6, 6.07) is 6.85. The van der Waals surface area contributed by atoms with Crippen molar-refractivity contribution in [2.45, 2.75) is 44.8 Å². The molecular weight excluding hydrogens is 426 g/mol. The van der Waals surface area contributed by atoms with E-state index in [1.54, 1.807) is 11.4 Å². The molecule has 2 fully saturated rings. The number of carbonyl (C=O) groups excluding carboxylic acids is 3. The molecule has 2 atom stereocenters. The second-order valence-corrected chi connectivity index (χ2v) is 8.99. The molecule has 0 radical (unpaired) electrons. The highest BCUT2D eigenvalue weighted by Gasteiger charge is 2.55. The van der Waals surface area contributed by atoms with E-state index in [4.69, 9.17) is 16.3 Å². The summed E-state index contributed by atoms with van der Waals surface area (Å²) in [6.07, 6.45) is 3.40. The van der Waals surface area contributed by atoms with Crippen LogP contribution < -0.4 is 5.32 Å². The van der Waals surface area contributed by atoms with E-state index in [1.165, 1.54) is 11.3 Å². The minimum atomic E-state index is -0.881. The van der Waals surface area contributed by atoms with E-state index in [0.717, 1.165) is 34.7 Å². The molecule has 0 unspecified atom stereocenters. The van der Waals surface area contributed by atoms with Crippen molar-refractivity contribution in [1.29, 1.82) is 0 Å². The van der Waals surface area contributed by atoms with Gasteiger partial charge < -0.3 is 10.1 Å². The Balaban J connectivity index is 1.36. The molecule has 30 heavy (non-hydrogen) atoms. The standard InChI is InChI=1S/C21H22ClN3O4S/c1-13-6-4-5-9-21(13)19(27)25(20(28)24-21)10-17(26)29-11-14-12-30-18(23-14)15-7-2-3-8-16(15)22/h2-3,7-8,12-13H,4-6,9-11H2,1H3,(H,24,28)/t13-,21-/m1/s1. The summed E-state index contributed by atoms with van der Waals surface area (Å²) in [7, 11) is 0. The Labute approximate surface area is 183 Å². The van der Waals surface area contributed by atoms with Crippen LogP contribution in [0.2, 0.25) is 5.02 Å². The first-order valence-corrected chi connectivity index (χ1v) is 11.2. The molecule has 2 aliphatic rings. The summed E-state index contributed by atoms with van der Waals surface area (Å²) in [5.74, 6) is -0.931. The third-order valence-electron chi connectivity index (χ3n) is 5.83. The Hall–Kier alpha value is -2.45. The first-order valence-electron chi connectivity index (χ1n) is 9.90. The number of esters is 1. The van der Waals surface area contributed by atoms with Crippen molar-refractivity contribution in [3.63, 3.8) is 0 Å². The number of hydrogen-bond donors (Lipinski definition) is 1. The van der Waals surface area contributed by atoms with Crippen molar-refractivity contribution >= 4 is 40.8 Å². The second-order valence-electron chi connectivity index (χ2n) is 7.72. The molecule has 158 valence electrons. The van der Waals surface area contributed by atoms with Gasteiger partial charge in [-0.3, -0.25) is 14.5 Å². The fourth-order valence-electron chi connectivity index (χ4n) is 4.10. The lowest BCUT2D eigenvalue weighted by molar-refractivity contribution is -0.149. The van der Waals surface area contributed by atoms with Crippen molar-refractivity contribution in [3.8, 4) is 10.6 Å². The summed E-state index contributed by atoms with van der Waals surface area (Å²) >= 11 is 7.60. The molecule has 1 spiro atoms. The van der Waals surface area contributed by atoms with Crippen molar-refractivity contribution in [2.24, 2.45) is 5.92 Å². The molecule has 1 N–H and O–H groups in total. The van der Waals surface area contributed by atoms with E-state index in [2.05, 4.69) is 10.3 Å². The van der Waals surface area contributed by atoms with Gasteiger partial charge in [0.25, 0.3) is 5.91 Å². The third kappa shape index (κ3) is 3.81. The van der Waals surface area contributed by atoms with Gasteiger partial charge in [-0.2, -0.15) is 0 Å². The van der Waals surface area contributed by atoms with Gasteiger partial charge in [-0.05, 0) is 24.8 Å². The average molecular weight is 448 g/mol. The number of ether oxygens (including phenoxy) is 1. The number of nitrogens with zero attached hydrogens (tertiary/aromatic N) is 2. The first kappa shape index (κ1) is 20.8. The van der Waals surface area contributed by atoms with Gasteiger partial charge in [0, 0.05) is 10.9 Å². The molecule has 3 amide bonds. The van der Waals surface area contributed by atoms with Gasteiger partial charge >= 0.3 is 12.0 Å². The molecule has 1 aliphatic carbocycles. The van der Waals surface area contributed by atoms with Crippen LogP contribution in [0.1, 0.15) is 38.3 Å². The maximum absolute atomic E-state index is 12.9. The van der Waals surface area contributed by atoms with E-state index in [0.29, 0.717) is 17.1 Å². The number of nitrogens with one attached hydrogen (secondary N) is 1. The van der Waals surface area contributed by atoms with Crippen LogP contribution >= 0.6 is 22.9 Å². The fraction of sp³-hybridized carbons (Fsp3) is 0.429. The van der Waals surface area contributed by atoms with Crippen LogP contribution in [-0.2, 0) is 20.9 Å². The molecule has 0 bridgehead atoms. The minimum Gasteiger partial charge on any atom is -0.458 e. The molecule has 1 saturated heterocycles. The van der Waals surface area contributed by atoms with Gasteiger partial charge in [0.05, 0.1) is 10.7 Å². The molecule has 4 rings (SSSR count). The number of rotatable bonds is 5. The van der Waals surface area contributed by atoms with Crippen LogP contribution in [0.25, 0.3) is 10.6 Å². The Morgan fingerprint density at radius 1 is 1.37 bits per heavy atom. The number of imide groups is 1. The van der Waals surface area contributed by atoms with E-state index in [-0.39, 0.29) is 18.4 Å². The van der Waals surface area contributed by atoms with Crippen LogP contribution in [0, 0.1) is 5.92 Å². The number of thiazole rings is 1. The van der Waals surface area contributed by atoms with Crippen molar-refractivity contribution < 1.29 is 19.1 Å². The molecular formula is C21H22ClN3O4S. The lowest BCUT2D eigenvalue weighted by Gasteiger charge is -2.36. The number of carbonyl (C=O) groups is 3. The van der Waals surface area contributed by atoms with E-state index in [1.807, 2.05) is 25.1 Å². The number of benzene rings is 1. The predicted molar refractivity (Wildman–Crippen MR) is 113 cm³/mol. The van der Waals surface area contributed by atoms with Gasteiger partial charge in [-0.25, -0.2) is 9.78 Å². The van der Waals surface area contributed by atoms with E-state index < -0.39 is 24.1 Å². The van der Waals surface area contributed by atoms with Crippen LogP contribution in [0.3, 0.4) is 0 Å². The second kappa shape index (κ2) is 8.35. The monoisotopic (exact) mass is 447 g/mol. The number of amides is 3. The highest BCUT2D eigenvalue weighted by Crippen LogP contribution is 2.38. The Bertz CT molecular complexity index is 994. The smallest absolute Gasteiger partial charge is 0.326 e. The van der Waals surface area contributed by atoms with Crippen LogP contribution in [0.4, 0.5) is 4.79 Å². The summed E-state index contributed by atoms with van der Waals surface area (Å²) in [5.41, 5.74) is 0.514. The zero-order valence-electron chi connectivity index (χ0n) is 16.5. The maximum Gasteiger partial charge on any atom is 0.326 e. The first-order chi connectivity index (χ1) is 14.4. The normalized spacial score (nSPS) is 23.7. The van der Waals surface area contributed by atoms with Crippen LogP contribution in [0.15, 0.2) is 29.6 Å². The Morgan fingerprint density at radius 2 is 2.17 bits per heavy atom. The lowest BCUT2D eigenvalue weighted by atomic mass is 9.73. The highest BCUT2D eigenvalue weighted by atomic mass is 35.5. The zero-order valence-corrected chi connectivity index (χ0v) is 18.1. The molecule has 1 saturated carbocycles. The molecule has 7 nitrogen and oxygen atoms in total. The SMILES string of the molecule is C[C@@H]1CCCC[C@@]12NC(=O)N(CC(=O)OCc1csc(-c3ccccc3Cl)n1)C2=O. The number of halogens is 1. The number of aromatic nitrogens is 1. The van der Waals surface area contributed by atoms with Gasteiger partial charge in [-0.1, -0.05) is 49.6 Å². The zero-order chi connectivity index (χ0) is 21.3. The van der Waals surface area contributed by atoms with Crippen LogP contribution in [-0.4, -0.2) is 39.9 Å². The van der Waals surface area contributed by atoms with E-state index in [9.17, 15) is 14.4 Å². The van der Waals surface area contributed by atoms with Gasteiger partial charge in [0.15, 0.2) is 0 Å². The topological polar surface area (TPSA) is 88.6 Å². The number of hydrogen-bond acceptors (Lipinski definition) is 6. The predicted octanol–water partition coefficient (Wildman–Crippen LogP) is 4.01. The summed E-state index contributed by atoms with van der Waals surface area (Å²) in [4.78, 5) is 43.0. The molecule has 1 aromatic heterocycles. The molecule has 1 aromatic carbocycles. The molecule has 2 heterocycles. The minimum absolute atomic E-state index is 0.0367. The number of urea groups is 1. The lowest BCUT2D eigenvalue weighted by Crippen LogP contribution is -2.54. The van der Waals surface area contributed by atoms with Crippen molar-refractivity contribution in [2.75, 3.05) is 6.54 Å². The maximum atomic E-state index is 12.9. The largest absolute Gasteiger partial charge is 0.458 e. The third-order valence-corrected chi connectivity index (χ3v) is 7.08. The summed E-state index contributed by atoms with van der Waals surface area (Å²) in [5, 5.41) is 5.95. The molecule has 2 aromatic rings. The summed E-state index contributed by atoms with van der Waals surface area (Å²) < 4.78 is 5.27.